The van der Waals surface area contributed by atoms with E-state index in [2.05, 4.69) is 63.0 Å². The second-order valence-corrected chi connectivity index (χ2v) is 7.96. The third-order valence-electron chi connectivity index (χ3n) is 4.94. The van der Waals surface area contributed by atoms with Crippen molar-refractivity contribution in [2.24, 2.45) is 0 Å². The number of benzene rings is 2. The van der Waals surface area contributed by atoms with Crippen molar-refractivity contribution in [3.8, 4) is 5.75 Å². The number of hydrogen-bond acceptors (Lipinski definition) is 5. The van der Waals surface area contributed by atoms with Gasteiger partial charge in [0.15, 0.2) is 0 Å². The third kappa shape index (κ3) is 7.44. The number of carbonyl (C=O) groups is 2. The van der Waals surface area contributed by atoms with Gasteiger partial charge in [-0.2, -0.15) is 0 Å². The van der Waals surface area contributed by atoms with E-state index in [1.54, 1.807) is 7.11 Å². The van der Waals surface area contributed by atoms with Crippen LogP contribution in [0.4, 0.5) is 0 Å². The third-order valence-corrected chi connectivity index (χ3v) is 5.43. The van der Waals surface area contributed by atoms with Gasteiger partial charge in [-0.1, -0.05) is 40.2 Å². The SMILES string of the molecule is COc1ccc(Br)cc1CN1CCN(Cc2ccccc2C)CC1.O=C(O)C(=O)O. The lowest BCUT2D eigenvalue weighted by molar-refractivity contribution is -0.159. The minimum atomic E-state index is -1.82. The first-order chi connectivity index (χ1) is 14.3. The maximum Gasteiger partial charge on any atom is 0.414 e. The predicted molar refractivity (Wildman–Crippen MR) is 118 cm³/mol. The molecule has 0 aliphatic carbocycles. The van der Waals surface area contributed by atoms with Crippen molar-refractivity contribution in [1.29, 1.82) is 0 Å². The Bertz CT molecular complexity index is 854. The summed E-state index contributed by atoms with van der Waals surface area (Å²) in [5.74, 6) is -2.68. The number of carboxylic acid groups (broad SMARTS) is 2. The Balaban J connectivity index is 0.000000469. The highest BCUT2D eigenvalue weighted by Gasteiger charge is 2.18. The number of hydrogen-bond donors (Lipinski definition) is 2. The van der Waals surface area contributed by atoms with Crippen molar-refractivity contribution in [3.05, 3.63) is 63.6 Å². The van der Waals surface area contributed by atoms with Gasteiger partial charge in [-0.15, -0.1) is 0 Å². The second kappa shape index (κ2) is 11.7. The van der Waals surface area contributed by atoms with Crippen LogP contribution in [0.5, 0.6) is 5.75 Å². The number of aliphatic carboxylic acids is 2. The summed E-state index contributed by atoms with van der Waals surface area (Å²) in [6.45, 7) is 8.63. The van der Waals surface area contributed by atoms with Gasteiger partial charge in [0, 0.05) is 49.3 Å². The van der Waals surface area contributed by atoms with Crippen LogP contribution in [0, 0.1) is 6.92 Å². The molecule has 1 heterocycles. The molecule has 30 heavy (non-hydrogen) atoms. The van der Waals surface area contributed by atoms with Crippen molar-refractivity contribution in [2.75, 3.05) is 33.3 Å². The Hall–Kier alpha value is -2.42. The fourth-order valence-corrected chi connectivity index (χ4v) is 3.65. The summed E-state index contributed by atoms with van der Waals surface area (Å²) in [4.78, 5) is 23.3. The molecule has 0 spiro atoms. The van der Waals surface area contributed by atoms with E-state index in [0.29, 0.717) is 0 Å². The van der Waals surface area contributed by atoms with Crippen LogP contribution in [-0.2, 0) is 22.7 Å². The molecule has 0 atom stereocenters. The molecular weight excluding hydrogens is 452 g/mol. The van der Waals surface area contributed by atoms with Crippen LogP contribution in [0.25, 0.3) is 0 Å². The van der Waals surface area contributed by atoms with Crippen molar-refractivity contribution in [3.63, 3.8) is 0 Å². The van der Waals surface area contributed by atoms with Gasteiger partial charge in [0.25, 0.3) is 0 Å². The Morgan fingerprint density at radius 3 is 1.97 bits per heavy atom. The lowest BCUT2D eigenvalue weighted by Crippen LogP contribution is -2.45. The van der Waals surface area contributed by atoms with Gasteiger partial charge in [0.2, 0.25) is 0 Å². The molecule has 0 amide bonds. The van der Waals surface area contributed by atoms with Crippen molar-refractivity contribution in [2.45, 2.75) is 20.0 Å². The maximum absolute atomic E-state index is 9.10. The average molecular weight is 479 g/mol. The molecule has 0 unspecified atom stereocenters. The molecule has 3 rings (SSSR count). The molecule has 0 radical (unpaired) electrons. The van der Waals surface area contributed by atoms with Crippen LogP contribution in [0.15, 0.2) is 46.9 Å². The van der Waals surface area contributed by atoms with E-state index in [1.165, 1.54) is 16.7 Å². The second-order valence-electron chi connectivity index (χ2n) is 7.05. The first-order valence-electron chi connectivity index (χ1n) is 9.58. The average Bonchev–Trinajstić information content (AvgIpc) is 2.72. The van der Waals surface area contributed by atoms with Crippen LogP contribution in [-0.4, -0.2) is 65.2 Å². The summed E-state index contributed by atoms with van der Waals surface area (Å²) in [6.07, 6.45) is 0. The standard InChI is InChI=1S/C20H25BrN2O.C2H2O4/c1-16-5-3-4-6-17(16)14-22-9-11-23(12-10-22)15-18-13-19(21)7-8-20(18)24-2;3-1(4)2(5)6/h3-8,13H,9-12,14-15H2,1-2H3;(H,3,4)(H,5,6). The number of halogens is 1. The van der Waals surface area contributed by atoms with Crippen LogP contribution in [0.1, 0.15) is 16.7 Å². The molecule has 162 valence electrons. The number of nitrogens with zero attached hydrogens (tertiary/aromatic N) is 2. The fourth-order valence-electron chi connectivity index (χ4n) is 3.25. The summed E-state index contributed by atoms with van der Waals surface area (Å²) < 4.78 is 6.61. The maximum atomic E-state index is 9.10. The summed E-state index contributed by atoms with van der Waals surface area (Å²) in [5.41, 5.74) is 4.08. The zero-order chi connectivity index (χ0) is 22.1. The van der Waals surface area contributed by atoms with Crippen LogP contribution in [0.3, 0.4) is 0 Å². The zero-order valence-electron chi connectivity index (χ0n) is 17.2. The Morgan fingerprint density at radius 2 is 1.47 bits per heavy atom. The molecule has 1 fully saturated rings. The number of aryl methyl sites for hydroxylation is 1. The van der Waals surface area contributed by atoms with Crippen LogP contribution >= 0.6 is 15.9 Å². The first kappa shape index (κ1) is 23.9. The molecule has 2 aromatic carbocycles. The summed E-state index contributed by atoms with van der Waals surface area (Å²) in [5, 5.41) is 14.8. The van der Waals surface area contributed by atoms with Gasteiger partial charge < -0.3 is 14.9 Å². The summed E-state index contributed by atoms with van der Waals surface area (Å²) in [6, 6.07) is 14.9. The van der Waals surface area contributed by atoms with Crippen molar-refractivity contribution < 1.29 is 24.5 Å². The highest BCUT2D eigenvalue weighted by molar-refractivity contribution is 9.10. The fraction of sp³-hybridized carbons (Fsp3) is 0.364. The van der Waals surface area contributed by atoms with Gasteiger partial charge in [0.05, 0.1) is 7.11 Å². The lowest BCUT2D eigenvalue weighted by Gasteiger charge is -2.35. The Labute approximate surface area is 185 Å². The summed E-state index contributed by atoms with van der Waals surface area (Å²) in [7, 11) is 1.74. The van der Waals surface area contributed by atoms with Gasteiger partial charge in [0.1, 0.15) is 5.75 Å². The number of methoxy groups -OCH3 is 1. The molecule has 1 aliphatic heterocycles. The molecule has 0 aromatic heterocycles. The molecule has 7 nitrogen and oxygen atoms in total. The monoisotopic (exact) mass is 478 g/mol. The van der Waals surface area contributed by atoms with E-state index in [4.69, 9.17) is 24.5 Å². The van der Waals surface area contributed by atoms with E-state index in [1.807, 2.05) is 12.1 Å². The highest BCUT2D eigenvalue weighted by atomic mass is 79.9. The van der Waals surface area contributed by atoms with Gasteiger partial charge in [-0.3, -0.25) is 9.80 Å². The van der Waals surface area contributed by atoms with Crippen LogP contribution in [0.2, 0.25) is 0 Å². The topological polar surface area (TPSA) is 90.3 Å². The molecule has 1 saturated heterocycles. The molecule has 0 saturated carbocycles. The van der Waals surface area contributed by atoms with Gasteiger partial charge in [-0.25, -0.2) is 9.59 Å². The summed E-state index contributed by atoms with van der Waals surface area (Å²) >= 11 is 3.56. The number of carboxylic acids is 2. The van der Waals surface area contributed by atoms with E-state index < -0.39 is 11.9 Å². The van der Waals surface area contributed by atoms with Crippen LogP contribution < -0.4 is 4.74 Å². The van der Waals surface area contributed by atoms with E-state index >= 15 is 0 Å². The molecule has 2 aromatic rings. The molecule has 2 N–H and O–H groups in total. The molecule has 0 bridgehead atoms. The van der Waals surface area contributed by atoms with Gasteiger partial charge in [-0.05, 0) is 36.2 Å². The minimum Gasteiger partial charge on any atom is -0.496 e. The number of piperazine rings is 1. The number of ether oxygens (including phenoxy) is 1. The van der Waals surface area contributed by atoms with Gasteiger partial charge >= 0.3 is 11.9 Å². The lowest BCUT2D eigenvalue weighted by atomic mass is 10.1. The Morgan fingerprint density at radius 1 is 0.933 bits per heavy atom. The van der Waals surface area contributed by atoms with E-state index in [0.717, 1.165) is 49.5 Å². The van der Waals surface area contributed by atoms with E-state index in [9.17, 15) is 0 Å². The normalized spacial score (nSPS) is 14.5. The smallest absolute Gasteiger partial charge is 0.414 e. The number of rotatable bonds is 5. The van der Waals surface area contributed by atoms with Crippen molar-refractivity contribution >= 4 is 27.9 Å². The largest absolute Gasteiger partial charge is 0.496 e. The van der Waals surface area contributed by atoms with Crippen molar-refractivity contribution in [1.82, 2.24) is 9.80 Å². The Kier molecular flexibility index (Phi) is 9.29. The minimum absolute atomic E-state index is 0.945. The predicted octanol–water partition coefficient (Wildman–Crippen LogP) is 3.24. The first-order valence-corrected chi connectivity index (χ1v) is 10.4. The molecule has 1 aliphatic rings. The highest BCUT2D eigenvalue weighted by Crippen LogP contribution is 2.25. The molecular formula is C22H27BrN2O5. The van der Waals surface area contributed by atoms with E-state index in [-0.39, 0.29) is 0 Å². The quantitative estimate of drug-likeness (QED) is 0.637. The zero-order valence-corrected chi connectivity index (χ0v) is 18.8. The molecule has 8 heteroatoms.